The zero-order chi connectivity index (χ0) is 14.0. The van der Waals surface area contributed by atoms with Gasteiger partial charge in [-0.25, -0.2) is 4.79 Å². The van der Waals surface area contributed by atoms with E-state index in [2.05, 4.69) is 9.97 Å². The Labute approximate surface area is 110 Å². The Morgan fingerprint density at radius 1 is 0.947 bits per heavy atom. The number of nitrogens with one attached hydrogen (secondary N) is 2. The third-order valence-corrected chi connectivity index (χ3v) is 2.87. The Morgan fingerprint density at radius 3 is 1.89 bits per heavy atom. The standard InChI is InChI=1S/C13H16N2O4/c1-7-11(15-13(16)14-7)8-5-9(17-2)12(19-4)10(6-8)18-3/h5-6H,1-4H3,(H2,14,15,16). The van der Waals surface area contributed by atoms with Crippen LogP contribution in [0.15, 0.2) is 16.9 Å². The van der Waals surface area contributed by atoms with E-state index in [1.807, 2.05) is 6.92 Å². The highest BCUT2D eigenvalue weighted by Crippen LogP contribution is 2.40. The largest absolute Gasteiger partial charge is 0.493 e. The monoisotopic (exact) mass is 264 g/mol. The number of imidazole rings is 1. The van der Waals surface area contributed by atoms with E-state index in [9.17, 15) is 4.79 Å². The minimum absolute atomic E-state index is 0.249. The Hall–Kier alpha value is -2.37. The molecule has 6 heteroatoms. The summed E-state index contributed by atoms with van der Waals surface area (Å²) >= 11 is 0. The van der Waals surface area contributed by atoms with Crippen LogP contribution in [0.4, 0.5) is 0 Å². The highest BCUT2D eigenvalue weighted by Gasteiger charge is 2.16. The molecule has 0 aliphatic heterocycles. The van der Waals surface area contributed by atoms with E-state index in [0.717, 1.165) is 11.3 Å². The molecule has 1 aromatic heterocycles. The fraction of sp³-hybridized carbons (Fsp3) is 0.308. The smallest absolute Gasteiger partial charge is 0.323 e. The van der Waals surface area contributed by atoms with Crippen molar-refractivity contribution in [3.63, 3.8) is 0 Å². The summed E-state index contributed by atoms with van der Waals surface area (Å²) in [6.45, 7) is 1.82. The highest BCUT2D eigenvalue weighted by molar-refractivity contribution is 5.69. The number of H-pyrrole nitrogens is 2. The average molecular weight is 264 g/mol. The van der Waals surface area contributed by atoms with Gasteiger partial charge in [0, 0.05) is 11.3 Å². The lowest BCUT2D eigenvalue weighted by atomic mass is 10.1. The van der Waals surface area contributed by atoms with Crippen molar-refractivity contribution in [2.75, 3.05) is 21.3 Å². The summed E-state index contributed by atoms with van der Waals surface area (Å²) in [5, 5.41) is 0. The van der Waals surface area contributed by atoms with Gasteiger partial charge >= 0.3 is 5.69 Å². The molecule has 0 spiro atoms. The van der Waals surface area contributed by atoms with Crippen LogP contribution in [-0.2, 0) is 0 Å². The second kappa shape index (κ2) is 5.09. The lowest BCUT2D eigenvalue weighted by Crippen LogP contribution is -2.00. The van der Waals surface area contributed by atoms with Gasteiger partial charge in [-0.2, -0.15) is 0 Å². The van der Waals surface area contributed by atoms with Crippen LogP contribution in [0.1, 0.15) is 5.69 Å². The number of methoxy groups -OCH3 is 3. The molecular formula is C13H16N2O4. The summed E-state index contributed by atoms with van der Waals surface area (Å²) in [5.74, 6) is 1.60. The van der Waals surface area contributed by atoms with Crippen molar-refractivity contribution in [3.8, 4) is 28.5 Å². The predicted molar refractivity (Wildman–Crippen MR) is 71.2 cm³/mol. The van der Waals surface area contributed by atoms with Gasteiger partial charge in [-0.15, -0.1) is 0 Å². The number of hydrogen-bond acceptors (Lipinski definition) is 4. The van der Waals surface area contributed by atoms with Crippen LogP contribution >= 0.6 is 0 Å². The third kappa shape index (κ3) is 2.29. The van der Waals surface area contributed by atoms with Crippen LogP contribution in [0, 0.1) is 6.92 Å². The maximum absolute atomic E-state index is 11.3. The third-order valence-electron chi connectivity index (χ3n) is 2.87. The van der Waals surface area contributed by atoms with E-state index in [4.69, 9.17) is 14.2 Å². The summed E-state index contributed by atoms with van der Waals surface area (Å²) in [6.07, 6.45) is 0. The molecule has 0 saturated carbocycles. The van der Waals surface area contributed by atoms with Crippen molar-refractivity contribution >= 4 is 0 Å². The Balaban J connectivity index is 2.65. The second-order valence-electron chi connectivity index (χ2n) is 3.99. The highest BCUT2D eigenvalue weighted by atomic mass is 16.5. The first kappa shape index (κ1) is 13.1. The van der Waals surface area contributed by atoms with E-state index in [0.29, 0.717) is 22.9 Å². The normalized spacial score (nSPS) is 10.3. The minimum Gasteiger partial charge on any atom is -0.493 e. The lowest BCUT2D eigenvalue weighted by molar-refractivity contribution is 0.324. The lowest BCUT2D eigenvalue weighted by Gasteiger charge is -2.13. The van der Waals surface area contributed by atoms with E-state index in [1.54, 1.807) is 33.5 Å². The van der Waals surface area contributed by atoms with Crippen molar-refractivity contribution < 1.29 is 14.2 Å². The van der Waals surface area contributed by atoms with Crippen LogP contribution in [0.2, 0.25) is 0 Å². The van der Waals surface area contributed by atoms with Crippen molar-refractivity contribution in [1.29, 1.82) is 0 Å². The van der Waals surface area contributed by atoms with Gasteiger partial charge in [0.25, 0.3) is 0 Å². The molecule has 0 unspecified atom stereocenters. The fourth-order valence-electron chi connectivity index (χ4n) is 1.99. The number of hydrogen-bond donors (Lipinski definition) is 2. The molecule has 2 N–H and O–H groups in total. The topological polar surface area (TPSA) is 76.3 Å². The number of ether oxygens (including phenoxy) is 3. The Kier molecular flexibility index (Phi) is 3.50. The summed E-state index contributed by atoms with van der Waals surface area (Å²) in [5.41, 5.74) is 1.98. The van der Waals surface area contributed by atoms with Gasteiger partial charge < -0.3 is 24.2 Å². The second-order valence-corrected chi connectivity index (χ2v) is 3.99. The molecule has 2 rings (SSSR count). The van der Waals surface area contributed by atoms with E-state index >= 15 is 0 Å². The first-order chi connectivity index (χ1) is 9.10. The molecule has 0 aliphatic rings. The van der Waals surface area contributed by atoms with Crippen LogP contribution in [0.3, 0.4) is 0 Å². The van der Waals surface area contributed by atoms with E-state index < -0.39 is 0 Å². The zero-order valence-corrected chi connectivity index (χ0v) is 11.3. The van der Waals surface area contributed by atoms with E-state index in [1.165, 1.54) is 0 Å². The van der Waals surface area contributed by atoms with Crippen LogP contribution in [-0.4, -0.2) is 31.3 Å². The van der Waals surface area contributed by atoms with Gasteiger partial charge in [0.1, 0.15) is 0 Å². The molecule has 1 aromatic carbocycles. The molecule has 0 amide bonds. The molecule has 0 radical (unpaired) electrons. The van der Waals surface area contributed by atoms with Crippen molar-refractivity contribution in [3.05, 3.63) is 28.3 Å². The number of aromatic nitrogens is 2. The molecule has 2 aromatic rings. The molecule has 6 nitrogen and oxygen atoms in total. The summed E-state index contributed by atoms with van der Waals surface area (Å²) in [7, 11) is 4.64. The maximum Gasteiger partial charge on any atom is 0.323 e. The van der Waals surface area contributed by atoms with Gasteiger partial charge in [0.05, 0.1) is 27.0 Å². The van der Waals surface area contributed by atoms with Gasteiger partial charge in [-0.05, 0) is 19.1 Å². The fourth-order valence-corrected chi connectivity index (χ4v) is 1.99. The zero-order valence-electron chi connectivity index (χ0n) is 11.3. The minimum atomic E-state index is -0.249. The Bertz CT molecular complexity index is 617. The summed E-state index contributed by atoms with van der Waals surface area (Å²) in [4.78, 5) is 16.7. The number of aromatic amines is 2. The first-order valence-corrected chi connectivity index (χ1v) is 5.70. The molecule has 0 saturated heterocycles. The van der Waals surface area contributed by atoms with Crippen molar-refractivity contribution in [2.45, 2.75) is 6.92 Å². The molecule has 0 bridgehead atoms. The number of benzene rings is 1. The SMILES string of the molecule is COc1cc(-c2[nH]c(=O)[nH]c2C)cc(OC)c1OC. The van der Waals surface area contributed by atoms with Crippen molar-refractivity contribution in [1.82, 2.24) is 9.97 Å². The van der Waals surface area contributed by atoms with Gasteiger partial charge in [0.2, 0.25) is 5.75 Å². The van der Waals surface area contributed by atoms with E-state index in [-0.39, 0.29) is 5.69 Å². The average Bonchev–Trinajstić information content (AvgIpc) is 2.75. The number of aryl methyl sites for hydroxylation is 1. The molecule has 0 atom stereocenters. The predicted octanol–water partition coefficient (Wildman–Crippen LogP) is 1.70. The molecular weight excluding hydrogens is 248 g/mol. The molecule has 0 fully saturated rings. The molecule has 0 aliphatic carbocycles. The quantitative estimate of drug-likeness (QED) is 0.881. The van der Waals surface area contributed by atoms with Crippen LogP contribution in [0.25, 0.3) is 11.3 Å². The summed E-state index contributed by atoms with van der Waals surface area (Å²) in [6, 6.07) is 3.57. The molecule has 19 heavy (non-hydrogen) atoms. The van der Waals surface area contributed by atoms with Crippen molar-refractivity contribution in [2.24, 2.45) is 0 Å². The Morgan fingerprint density at radius 2 is 1.53 bits per heavy atom. The summed E-state index contributed by atoms with van der Waals surface area (Å²) < 4.78 is 15.8. The van der Waals surface area contributed by atoms with Gasteiger partial charge in [-0.3, -0.25) is 0 Å². The number of rotatable bonds is 4. The maximum atomic E-state index is 11.3. The molecule has 102 valence electrons. The van der Waals surface area contributed by atoms with Gasteiger partial charge in [-0.1, -0.05) is 0 Å². The molecule has 1 heterocycles. The van der Waals surface area contributed by atoms with Crippen LogP contribution in [0.5, 0.6) is 17.2 Å². The first-order valence-electron chi connectivity index (χ1n) is 5.70. The van der Waals surface area contributed by atoms with Crippen LogP contribution < -0.4 is 19.9 Å². The van der Waals surface area contributed by atoms with Gasteiger partial charge in [0.15, 0.2) is 11.5 Å².